The first-order valence-corrected chi connectivity index (χ1v) is 14.7. The van der Waals surface area contributed by atoms with Crippen LogP contribution in [0.1, 0.15) is 174 Å². The highest BCUT2D eigenvalue weighted by atomic mass is 14.0. The third kappa shape index (κ3) is 29.5. The fourth-order valence-electron chi connectivity index (χ4n) is 4.48. The molecule has 0 aromatic carbocycles. The molecule has 0 radical (unpaired) electrons. The largest absolute Gasteiger partial charge is 0.103 e. The van der Waals surface area contributed by atoms with Gasteiger partial charge in [-0.05, 0) is 38.5 Å². The van der Waals surface area contributed by atoms with Gasteiger partial charge in [0.2, 0.25) is 0 Å². The van der Waals surface area contributed by atoms with E-state index < -0.39 is 0 Å². The average molecular weight is 433 g/mol. The molecule has 184 valence electrons. The summed E-state index contributed by atoms with van der Waals surface area (Å²) in [5, 5.41) is 0. The molecule has 0 N–H and O–H groups in total. The molecule has 0 aliphatic heterocycles. The Bertz CT molecular complexity index is 340. The summed E-state index contributed by atoms with van der Waals surface area (Å²) in [6.07, 6.45) is 43.9. The lowest BCUT2D eigenvalue weighted by molar-refractivity contribution is 0.542. The van der Waals surface area contributed by atoms with Crippen molar-refractivity contribution in [1.29, 1.82) is 0 Å². The summed E-state index contributed by atoms with van der Waals surface area (Å²) in [5.74, 6) is 0. The lowest BCUT2D eigenvalue weighted by Gasteiger charge is -2.02. The van der Waals surface area contributed by atoms with Crippen LogP contribution in [0.2, 0.25) is 0 Å². The molecular weight excluding hydrogens is 372 g/mol. The molecule has 0 atom stereocenters. The first-order valence-electron chi connectivity index (χ1n) is 14.7. The quantitative estimate of drug-likeness (QED) is 0.0893. The predicted octanol–water partition coefficient (Wildman–Crippen LogP) is 11.9. The van der Waals surface area contributed by atoms with Crippen LogP contribution >= 0.6 is 0 Å². The minimum Gasteiger partial charge on any atom is -0.103 e. The van der Waals surface area contributed by atoms with Crippen molar-refractivity contribution in [2.45, 2.75) is 174 Å². The van der Waals surface area contributed by atoms with Gasteiger partial charge in [-0.15, -0.1) is 6.58 Å². The molecule has 0 spiro atoms. The third-order valence-corrected chi connectivity index (χ3v) is 6.67. The Morgan fingerprint density at radius 3 is 0.903 bits per heavy atom. The topological polar surface area (TPSA) is 0 Å². The highest BCUT2D eigenvalue weighted by Gasteiger charge is 1.94. The molecule has 0 bridgehead atoms. The van der Waals surface area contributed by atoms with E-state index in [0.29, 0.717) is 0 Å². The van der Waals surface area contributed by atoms with Gasteiger partial charge in [-0.3, -0.25) is 0 Å². The molecule has 0 unspecified atom stereocenters. The maximum Gasteiger partial charge on any atom is -0.0351 e. The van der Waals surface area contributed by atoms with Crippen LogP contribution in [-0.2, 0) is 0 Å². The summed E-state index contributed by atoms with van der Waals surface area (Å²) in [6, 6.07) is 0. The van der Waals surface area contributed by atoms with Crippen molar-refractivity contribution < 1.29 is 0 Å². The van der Waals surface area contributed by atoms with Gasteiger partial charge in [-0.1, -0.05) is 154 Å². The van der Waals surface area contributed by atoms with Gasteiger partial charge in [0.05, 0.1) is 0 Å². The Balaban J connectivity index is 3.06. The smallest absolute Gasteiger partial charge is 0.0351 e. The van der Waals surface area contributed by atoms with Gasteiger partial charge in [0.15, 0.2) is 0 Å². The Morgan fingerprint density at radius 1 is 0.355 bits per heavy atom. The molecule has 31 heavy (non-hydrogen) atoms. The van der Waals surface area contributed by atoms with Gasteiger partial charge in [-0.2, -0.15) is 0 Å². The minimum atomic E-state index is 1.20. The van der Waals surface area contributed by atoms with Crippen LogP contribution in [0.3, 0.4) is 0 Å². The van der Waals surface area contributed by atoms with E-state index in [9.17, 15) is 0 Å². The van der Waals surface area contributed by atoms with Crippen LogP contribution in [0.4, 0.5) is 0 Å². The van der Waals surface area contributed by atoms with Gasteiger partial charge in [0, 0.05) is 0 Å². The highest BCUT2D eigenvalue weighted by Crippen LogP contribution is 2.14. The Hall–Kier alpha value is -0.520. The third-order valence-electron chi connectivity index (χ3n) is 6.67. The SMILES string of the molecule is C=CCCCCCCCCCCCCCCC=CCCCCCCCCCCCCC. The monoisotopic (exact) mass is 432 g/mol. The van der Waals surface area contributed by atoms with E-state index in [4.69, 9.17) is 0 Å². The minimum absolute atomic E-state index is 1.20. The molecule has 0 aliphatic rings. The highest BCUT2D eigenvalue weighted by molar-refractivity contribution is 4.81. The summed E-state index contributed by atoms with van der Waals surface area (Å²) < 4.78 is 0. The van der Waals surface area contributed by atoms with Gasteiger partial charge in [-0.25, -0.2) is 0 Å². The van der Waals surface area contributed by atoms with Crippen molar-refractivity contribution in [1.82, 2.24) is 0 Å². The summed E-state index contributed by atoms with van der Waals surface area (Å²) in [5.41, 5.74) is 0. The second-order valence-electron chi connectivity index (χ2n) is 9.90. The Morgan fingerprint density at radius 2 is 0.613 bits per heavy atom. The van der Waals surface area contributed by atoms with Gasteiger partial charge >= 0.3 is 0 Å². The van der Waals surface area contributed by atoms with Gasteiger partial charge in [0.25, 0.3) is 0 Å². The standard InChI is InChI=1S/C31H60/c1-3-5-7-9-11-13-15-17-19-21-23-25-27-29-31-30-28-26-24-22-20-18-16-14-12-10-8-6-4-2/h3,28,30H,1,4-27,29,31H2,2H3. The number of allylic oxidation sites excluding steroid dienone is 3. The van der Waals surface area contributed by atoms with Crippen LogP contribution in [0.5, 0.6) is 0 Å². The van der Waals surface area contributed by atoms with Crippen LogP contribution in [0.15, 0.2) is 24.8 Å². The molecule has 0 aromatic rings. The van der Waals surface area contributed by atoms with E-state index in [1.54, 1.807) is 0 Å². The fraction of sp³-hybridized carbons (Fsp3) is 0.871. The van der Waals surface area contributed by atoms with Crippen molar-refractivity contribution in [3.8, 4) is 0 Å². The second kappa shape index (κ2) is 29.5. The maximum atomic E-state index is 3.79. The lowest BCUT2D eigenvalue weighted by atomic mass is 10.0. The van der Waals surface area contributed by atoms with Crippen molar-refractivity contribution in [3.63, 3.8) is 0 Å². The van der Waals surface area contributed by atoms with E-state index in [-0.39, 0.29) is 0 Å². The fourth-order valence-corrected chi connectivity index (χ4v) is 4.48. The van der Waals surface area contributed by atoms with E-state index in [1.807, 2.05) is 0 Å². The zero-order valence-electron chi connectivity index (χ0n) is 21.8. The van der Waals surface area contributed by atoms with E-state index in [1.165, 1.54) is 167 Å². The zero-order chi connectivity index (χ0) is 22.5. The molecular formula is C31H60. The summed E-state index contributed by atoms with van der Waals surface area (Å²) in [7, 11) is 0. The van der Waals surface area contributed by atoms with Crippen molar-refractivity contribution in [2.24, 2.45) is 0 Å². The number of rotatable bonds is 27. The van der Waals surface area contributed by atoms with E-state index in [0.717, 1.165) is 0 Å². The molecule has 0 heteroatoms. The number of hydrogen-bond donors (Lipinski definition) is 0. The normalized spacial score (nSPS) is 11.5. The molecule has 0 heterocycles. The molecule has 0 fully saturated rings. The number of unbranched alkanes of at least 4 members (excludes halogenated alkanes) is 24. The van der Waals surface area contributed by atoms with Crippen LogP contribution in [0.25, 0.3) is 0 Å². The predicted molar refractivity (Wildman–Crippen MR) is 145 cm³/mol. The Kier molecular flexibility index (Phi) is 29.0. The number of hydrogen-bond acceptors (Lipinski definition) is 0. The first kappa shape index (κ1) is 30.5. The van der Waals surface area contributed by atoms with Gasteiger partial charge in [0.1, 0.15) is 0 Å². The summed E-state index contributed by atoms with van der Waals surface area (Å²) in [6.45, 7) is 6.09. The van der Waals surface area contributed by atoms with Crippen LogP contribution < -0.4 is 0 Å². The lowest BCUT2D eigenvalue weighted by Crippen LogP contribution is -1.83. The van der Waals surface area contributed by atoms with Crippen molar-refractivity contribution >= 4 is 0 Å². The maximum absolute atomic E-state index is 3.79. The molecule has 0 saturated carbocycles. The van der Waals surface area contributed by atoms with Crippen molar-refractivity contribution in [2.75, 3.05) is 0 Å². The van der Waals surface area contributed by atoms with Gasteiger partial charge < -0.3 is 0 Å². The molecule has 0 aromatic heterocycles. The average Bonchev–Trinajstić information content (AvgIpc) is 2.78. The molecule has 0 amide bonds. The summed E-state index contributed by atoms with van der Waals surface area (Å²) in [4.78, 5) is 0. The molecule has 0 rings (SSSR count). The summed E-state index contributed by atoms with van der Waals surface area (Å²) >= 11 is 0. The first-order chi connectivity index (χ1) is 15.4. The molecule has 0 saturated heterocycles. The molecule has 0 nitrogen and oxygen atoms in total. The van der Waals surface area contributed by atoms with E-state index in [2.05, 4.69) is 31.7 Å². The zero-order valence-corrected chi connectivity index (χ0v) is 21.8. The Labute approximate surface area is 198 Å². The van der Waals surface area contributed by atoms with Crippen LogP contribution in [0, 0.1) is 0 Å². The van der Waals surface area contributed by atoms with Crippen LogP contribution in [-0.4, -0.2) is 0 Å². The van der Waals surface area contributed by atoms with Crippen molar-refractivity contribution in [3.05, 3.63) is 24.8 Å². The van der Waals surface area contributed by atoms with E-state index >= 15 is 0 Å². The molecule has 0 aliphatic carbocycles. The second-order valence-corrected chi connectivity index (χ2v) is 9.90.